The lowest BCUT2D eigenvalue weighted by Gasteiger charge is -2.25. The lowest BCUT2D eigenvalue weighted by molar-refractivity contribution is 0.0904. The predicted octanol–water partition coefficient (Wildman–Crippen LogP) is 4.78. The van der Waals surface area contributed by atoms with Gasteiger partial charge in [0.25, 0.3) is 5.91 Å². The molecular weight excluding hydrogens is 501 g/mol. The largest absolute Gasteiger partial charge is 0.381 e. The maximum Gasteiger partial charge on any atom is 0.258 e. The van der Waals surface area contributed by atoms with Crippen LogP contribution < -0.4 is 10.6 Å². The smallest absolute Gasteiger partial charge is 0.258 e. The third-order valence-electron chi connectivity index (χ3n) is 6.12. The van der Waals surface area contributed by atoms with Gasteiger partial charge in [-0.3, -0.25) is 9.89 Å². The van der Waals surface area contributed by atoms with Crippen LogP contribution in [0.1, 0.15) is 23.2 Å². The molecule has 12 heteroatoms. The number of H-pyrrole nitrogens is 1. The highest BCUT2D eigenvalue weighted by atomic mass is 32.2. The number of carbonyl (C=O) groups is 1. The summed E-state index contributed by atoms with van der Waals surface area (Å²) in [5, 5.41) is 16.2. The summed E-state index contributed by atoms with van der Waals surface area (Å²) in [6, 6.07) is 13.5. The molecule has 1 aliphatic rings. The van der Waals surface area contributed by atoms with Gasteiger partial charge < -0.3 is 15.4 Å². The Bertz CT molecular complexity index is 1600. The zero-order valence-corrected chi connectivity index (χ0v) is 20.2. The summed E-state index contributed by atoms with van der Waals surface area (Å²) in [6.07, 6.45) is 1.48. The van der Waals surface area contributed by atoms with Crippen LogP contribution in [0.4, 0.5) is 21.6 Å². The van der Waals surface area contributed by atoms with E-state index in [2.05, 4.69) is 26.0 Å². The number of aromatic nitrogens is 2. The Hall–Kier alpha value is -4.16. The summed E-state index contributed by atoms with van der Waals surface area (Å²) in [4.78, 5) is 24.1. The van der Waals surface area contributed by atoms with Crippen LogP contribution in [0.5, 0.6) is 0 Å². The quantitative estimate of drug-likeness (QED) is 0.296. The molecule has 5 rings (SSSR count). The summed E-state index contributed by atoms with van der Waals surface area (Å²) in [5.74, 6) is -1.07. The van der Waals surface area contributed by atoms with Crippen molar-refractivity contribution in [3.05, 3.63) is 77.0 Å². The first kappa shape index (κ1) is 24.5. The zero-order valence-electron chi connectivity index (χ0n) is 19.4. The Kier molecular flexibility index (Phi) is 6.68. The molecule has 0 aliphatic carbocycles. The number of benzene rings is 3. The number of nitrogens with one attached hydrogen (secondary N) is 3. The number of halogens is 1. The number of hydrogen-bond acceptors (Lipinski definition) is 8. The standard InChI is InChI=1S/C25H22FN5O5S/c26-15-2-1-3-18(12-15)37(34,35)19-5-7-22-21(14-19)24(30-29-22)28-25(32)20-6-4-17(31-33)13-23(20)27-16-8-10-36-11-9-16/h1-7,12-14,16,27H,8-11H2,(H2,28,29,30,32). The molecule has 3 aromatic carbocycles. The van der Waals surface area contributed by atoms with Crippen LogP contribution in [0, 0.1) is 10.7 Å². The number of nitrogens with zero attached hydrogens (tertiary/aromatic N) is 2. The number of anilines is 2. The molecule has 4 aromatic rings. The van der Waals surface area contributed by atoms with Crippen molar-refractivity contribution in [1.29, 1.82) is 0 Å². The van der Waals surface area contributed by atoms with Gasteiger partial charge in [-0.25, -0.2) is 12.8 Å². The summed E-state index contributed by atoms with van der Waals surface area (Å²) < 4.78 is 45.2. The Labute approximate surface area is 211 Å². The minimum atomic E-state index is -4.01. The van der Waals surface area contributed by atoms with E-state index in [0.717, 1.165) is 25.0 Å². The number of amides is 1. The molecule has 0 unspecified atom stereocenters. The van der Waals surface area contributed by atoms with Crippen LogP contribution >= 0.6 is 0 Å². The first-order chi connectivity index (χ1) is 17.8. The van der Waals surface area contributed by atoms with Crippen molar-refractivity contribution < 1.29 is 22.3 Å². The molecule has 1 fully saturated rings. The van der Waals surface area contributed by atoms with Gasteiger partial charge in [0.2, 0.25) is 9.84 Å². The van der Waals surface area contributed by atoms with E-state index < -0.39 is 21.6 Å². The number of hydrogen-bond donors (Lipinski definition) is 3. The Morgan fingerprint density at radius 3 is 2.59 bits per heavy atom. The second-order valence-electron chi connectivity index (χ2n) is 8.55. The molecule has 1 aliphatic heterocycles. The second kappa shape index (κ2) is 10.1. The van der Waals surface area contributed by atoms with Crippen LogP contribution in [0.2, 0.25) is 0 Å². The molecule has 0 radical (unpaired) electrons. The molecule has 1 saturated heterocycles. The predicted molar refractivity (Wildman–Crippen MR) is 135 cm³/mol. The SMILES string of the molecule is O=Nc1ccc(C(=O)Nc2n[nH]c3ccc(S(=O)(=O)c4cccc(F)c4)cc23)c(NC2CCOCC2)c1. The molecule has 0 spiro atoms. The highest BCUT2D eigenvalue weighted by Gasteiger charge is 2.22. The van der Waals surface area contributed by atoms with Crippen LogP contribution in [0.25, 0.3) is 10.9 Å². The topological polar surface area (TPSA) is 143 Å². The van der Waals surface area contributed by atoms with Gasteiger partial charge in [0.1, 0.15) is 11.5 Å². The fourth-order valence-corrected chi connectivity index (χ4v) is 5.49. The van der Waals surface area contributed by atoms with E-state index in [1.165, 1.54) is 48.5 Å². The molecule has 37 heavy (non-hydrogen) atoms. The normalized spacial score (nSPS) is 14.4. The van der Waals surface area contributed by atoms with Gasteiger partial charge in [-0.1, -0.05) is 6.07 Å². The molecule has 0 saturated carbocycles. The number of rotatable bonds is 7. The first-order valence-corrected chi connectivity index (χ1v) is 13.0. The van der Waals surface area contributed by atoms with Gasteiger partial charge in [0.05, 0.1) is 20.9 Å². The van der Waals surface area contributed by atoms with Crippen LogP contribution in [0.3, 0.4) is 0 Å². The summed E-state index contributed by atoms with van der Waals surface area (Å²) in [6.45, 7) is 1.18. The minimum Gasteiger partial charge on any atom is -0.381 e. The van der Waals surface area contributed by atoms with Gasteiger partial charge in [-0.15, -0.1) is 4.91 Å². The minimum absolute atomic E-state index is 0.0593. The Morgan fingerprint density at radius 2 is 1.84 bits per heavy atom. The van der Waals surface area contributed by atoms with Gasteiger partial charge in [-0.2, -0.15) is 5.10 Å². The van der Waals surface area contributed by atoms with Crippen molar-refractivity contribution in [3.8, 4) is 0 Å². The number of carbonyl (C=O) groups excluding carboxylic acids is 1. The van der Waals surface area contributed by atoms with E-state index in [-0.39, 0.29) is 32.9 Å². The van der Waals surface area contributed by atoms with E-state index in [1.54, 1.807) is 0 Å². The molecular formula is C25H22FN5O5S. The van der Waals surface area contributed by atoms with E-state index in [0.29, 0.717) is 29.8 Å². The van der Waals surface area contributed by atoms with Gasteiger partial charge >= 0.3 is 0 Å². The van der Waals surface area contributed by atoms with Gasteiger partial charge in [-0.05, 0) is 72.6 Å². The molecule has 0 atom stereocenters. The van der Waals surface area contributed by atoms with Gasteiger partial charge in [0, 0.05) is 30.3 Å². The molecule has 2 heterocycles. The lowest BCUT2D eigenvalue weighted by atomic mass is 10.1. The monoisotopic (exact) mass is 523 g/mol. The van der Waals surface area contributed by atoms with Gasteiger partial charge in [0.15, 0.2) is 5.82 Å². The van der Waals surface area contributed by atoms with Crippen LogP contribution in [-0.2, 0) is 14.6 Å². The van der Waals surface area contributed by atoms with Crippen molar-refractivity contribution >= 4 is 43.8 Å². The van der Waals surface area contributed by atoms with Crippen molar-refractivity contribution in [2.45, 2.75) is 28.7 Å². The lowest BCUT2D eigenvalue weighted by Crippen LogP contribution is -2.29. The maximum absolute atomic E-state index is 13.7. The van der Waals surface area contributed by atoms with Crippen molar-refractivity contribution in [2.75, 3.05) is 23.8 Å². The molecule has 3 N–H and O–H groups in total. The third-order valence-corrected chi connectivity index (χ3v) is 7.87. The van der Waals surface area contributed by atoms with Crippen LogP contribution in [-0.4, -0.2) is 43.8 Å². The first-order valence-electron chi connectivity index (χ1n) is 11.5. The van der Waals surface area contributed by atoms with E-state index in [4.69, 9.17) is 4.74 Å². The number of nitroso groups, excluding NO2 is 1. The maximum atomic E-state index is 13.7. The molecule has 10 nitrogen and oxygen atoms in total. The Morgan fingerprint density at radius 1 is 1.05 bits per heavy atom. The molecule has 0 bridgehead atoms. The summed E-state index contributed by atoms with van der Waals surface area (Å²) >= 11 is 0. The Balaban J connectivity index is 1.46. The average Bonchev–Trinajstić information content (AvgIpc) is 3.31. The summed E-state index contributed by atoms with van der Waals surface area (Å²) in [5.41, 5.74) is 1.37. The fraction of sp³-hybridized carbons (Fsp3) is 0.200. The van der Waals surface area contributed by atoms with E-state index in [9.17, 15) is 22.5 Å². The summed E-state index contributed by atoms with van der Waals surface area (Å²) in [7, 11) is -4.01. The average molecular weight is 524 g/mol. The highest BCUT2D eigenvalue weighted by molar-refractivity contribution is 7.91. The third kappa shape index (κ3) is 5.06. The molecule has 190 valence electrons. The molecule has 1 amide bonds. The van der Waals surface area contributed by atoms with Crippen molar-refractivity contribution in [1.82, 2.24) is 10.2 Å². The van der Waals surface area contributed by atoms with E-state index >= 15 is 0 Å². The number of fused-ring (bicyclic) bond motifs is 1. The van der Waals surface area contributed by atoms with Crippen LogP contribution in [0.15, 0.2) is 75.6 Å². The van der Waals surface area contributed by atoms with E-state index in [1.807, 2.05) is 0 Å². The number of sulfone groups is 1. The molecule has 1 aromatic heterocycles. The number of aromatic amines is 1. The number of ether oxygens (including phenoxy) is 1. The highest BCUT2D eigenvalue weighted by Crippen LogP contribution is 2.30. The second-order valence-corrected chi connectivity index (χ2v) is 10.5. The van der Waals surface area contributed by atoms with Crippen molar-refractivity contribution in [2.24, 2.45) is 5.18 Å². The van der Waals surface area contributed by atoms with Crippen molar-refractivity contribution in [3.63, 3.8) is 0 Å². The zero-order chi connectivity index (χ0) is 26.0. The fourth-order valence-electron chi connectivity index (χ4n) is 4.17.